The largest absolute Gasteiger partial charge is 0.497 e. The van der Waals surface area contributed by atoms with Gasteiger partial charge in [-0.05, 0) is 54.4 Å². The van der Waals surface area contributed by atoms with Gasteiger partial charge in [-0.15, -0.1) is 0 Å². The fraction of sp³-hybridized carbons (Fsp3) is 0.533. The molecule has 0 radical (unpaired) electrons. The lowest BCUT2D eigenvalue weighted by molar-refractivity contribution is -0.122. The molecule has 2 atom stereocenters. The van der Waals surface area contributed by atoms with E-state index in [0.29, 0.717) is 17.6 Å². The normalized spacial score (nSPS) is 27.2. The Morgan fingerprint density at radius 3 is 2.94 bits per heavy atom. The van der Waals surface area contributed by atoms with Crippen LogP contribution in [0.4, 0.5) is 0 Å². The van der Waals surface area contributed by atoms with E-state index < -0.39 is 0 Å². The number of aryl methyl sites for hydroxylation is 1. The summed E-state index contributed by atoms with van der Waals surface area (Å²) in [6.07, 6.45) is 4.88. The maximum absolute atomic E-state index is 11.5. The van der Waals surface area contributed by atoms with Gasteiger partial charge in [0.25, 0.3) is 0 Å². The van der Waals surface area contributed by atoms with E-state index in [2.05, 4.69) is 12.1 Å². The number of ketones is 1. The minimum absolute atomic E-state index is 0.456. The van der Waals surface area contributed by atoms with E-state index in [-0.39, 0.29) is 0 Å². The van der Waals surface area contributed by atoms with Crippen molar-refractivity contribution in [3.05, 3.63) is 29.3 Å². The molecule has 1 saturated carbocycles. The standard InChI is InChI=1S/C15H18O2/c1-17-13-6-4-10-2-3-11-8-12(16)5-7-14(11)15(10)9-13/h4,6,9,11,14H,2-3,5,7-8H2,1H3. The maximum Gasteiger partial charge on any atom is 0.133 e. The first-order valence-electron chi connectivity index (χ1n) is 6.46. The van der Waals surface area contributed by atoms with Crippen molar-refractivity contribution in [2.45, 2.75) is 38.0 Å². The van der Waals surface area contributed by atoms with Crippen LogP contribution in [-0.4, -0.2) is 12.9 Å². The second-order valence-corrected chi connectivity index (χ2v) is 5.25. The Morgan fingerprint density at radius 2 is 2.12 bits per heavy atom. The number of carbonyl (C=O) groups is 1. The molecule has 1 fully saturated rings. The van der Waals surface area contributed by atoms with Crippen LogP contribution in [0.3, 0.4) is 0 Å². The van der Waals surface area contributed by atoms with Crippen LogP contribution in [0.2, 0.25) is 0 Å². The van der Waals surface area contributed by atoms with Crippen LogP contribution in [0.15, 0.2) is 18.2 Å². The third-order valence-electron chi connectivity index (χ3n) is 4.33. The minimum Gasteiger partial charge on any atom is -0.497 e. The molecule has 90 valence electrons. The zero-order valence-corrected chi connectivity index (χ0v) is 10.2. The van der Waals surface area contributed by atoms with Gasteiger partial charge >= 0.3 is 0 Å². The molecule has 0 heterocycles. The Hall–Kier alpha value is -1.31. The molecule has 17 heavy (non-hydrogen) atoms. The van der Waals surface area contributed by atoms with Crippen LogP contribution < -0.4 is 4.74 Å². The molecule has 1 aromatic carbocycles. The van der Waals surface area contributed by atoms with E-state index >= 15 is 0 Å². The summed E-state index contributed by atoms with van der Waals surface area (Å²) >= 11 is 0. The lowest BCUT2D eigenvalue weighted by atomic mass is 9.68. The smallest absolute Gasteiger partial charge is 0.133 e. The van der Waals surface area contributed by atoms with E-state index in [1.807, 2.05) is 6.07 Å². The maximum atomic E-state index is 11.5. The minimum atomic E-state index is 0.456. The fourth-order valence-corrected chi connectivity index (χ4v) is 3.42. The molecule has 1 aromatic rings. The van der Waals surface area contributed by atoms with Crippen LogP contribution in [0.25, 0.3) is 0 Å². The highest BCUT2D eigenvalue weighted by molar-refractivity contribution is 5.80. The van der Waals surface area contributed by atoms with Crippen LogP contribution >= 0.6 is 0 Å². The van der Waals surface area contributed by atoms with Gasteiger partial charge in [-0.3, -0.25) is 4.79 Å². The van der Waals surface area contributed by atoms with Gasteiger partial charge in [-0.25, -0.2) is 0 Å². The number of ether oxygens (including phenoxy) is 1. The van der Waals surface area contributed by atoms with Gasteiger partial charge in [0.15, 0.2) is 0 Å². The van der Waals surface area contributed by atoms with E-state index in [1.165, 1.54) is 17.5 Å². The highest BCUT2D eigenvalue weighted by Crippen LogP contribution is 2.44. The molecule has 2 aliphatic carbocycles. The summed E-state index contributed by atoms with van der Waals surface area (Å²) in [6.45, 7) is 0. The molecule has 0 aliphatic heterocycles. The van der Waals surface area contributed by atoms with Gasteiger partial charge in [0, 0.05) is 12.8 Å². The van der Waals surface area contributed by atoms with Crippen molar-refractivity contribution in [1.82, 2.24) is 0 Å². The molecule has 0 N–H and O–H groups in total. The number of hydrogen-bond donors (Lipinski definition) is 0. The van der Waals surface area contributed by atoms with E-state index in [9.17, 15) is 4.79 Å². The van der Waals surface area contributed by atoms with Crippen molar-refractivity contribution in [1.29, 1.82) is 0 Å². The summed E-state index contributed by atoms with van der Waals surface area (Å²) in [4.78, 5) is 11.5. The molecule has 0 aromatic heterocycles. The Bertz CT molecular complexity index is 450. The number of Topliss-reactive ketones (excluding diaryl/α,β-unsaturated/α-hetero) is 1. The SMILES string of the molecule is COc1ccc2c(c1)C1CCC(=O)CC1CC2. The van der Waals surface area contributed by atoms with Gasteiger partial charge in [-0.2, -0.15) is 0 Å². The molecular formula is C15H18O2. The van der Waals surface area contributed by atoms with Gasteiger partial charge < -0.3 is 4.74 Å². The third kappa shape index (κ3) is 1.86. The first kappa shape index (κ1) is 10.8. The zero-order chi connectivity index (χ0) is 11.8. The summed E-state index contributed by atoms with van der Waals surface area (Å²) < 4.78 is 5.31. The summed E-state index contributed by atoms with van der Waals surface area (Å²) in [5, 5.41) is 0. The lowest BCUT2D eigenvalue weighted by Gasteiger charge is -2.36. The molecule has 0 saturated heterocycles. The average molecular weight is 230 g/mol. The molecule has 2 aliphatic rings. The van der Waals surface area contributed by atoms with Gasteiger partial charge in [0.1, 0.15) is 11.5 Å². The van der Waals surface area contributed by atoms with Crippen molar-refractivity contribution in [2.24, 2.45) is 5.92 Å². The average Bonchev–Trinajstić information content (AvgIpc) is 2.37. The Kier molecular flexibility index (Phi) is 2.65. The van der Waals surface area contributed by atoms with E-state index in [4.69, 9.17) is 4.74 Å². The monoisotopic (exact) mass is 230 g/mol. The highest BCUT2D eigenvalue weighted by Gasteiger charge is 2.34. The molecule has 0 amide bonds. The fourth-order valence-electron chi connectivity index (χ4n) is 3.42. The molecule has 2 unspecified atom stereocenters. The second-order valence-electron chi connectivity index (χ2n) is 5.25. The van der Waals surface area contributed by atoms with E-state index in [1.54, 1.807) is 7.11 Å². The van der Waals surface area contributed by atoms with Crippen LogP contribution in [0, 0.1) is 5.92 Å². The zero-order valence-electron chi connectivity index (χ0n) is 10.2. The Morgan fingerprint density at radius 1 is 1.24 bits per heavy atom. The van der Waals surface area contributed by atoms with Gasteiger partial charge in [-0.1, -0.05) is 6.07 Å². The van der Waals surface area contributed by atoms with Gasteiger partial charge in [0.2, 0.25) is 0 Å². The lowest BCUT2D eigenvalue weighted by Crippen LogP contribution is -2.28. The number of fused-ring (bicyclic) bond motifs is 3. The first-order valence-corrected chi connectivity index (χ1v) is 6.46. The summed E-state index contributed by atoms with van der Waals surface area (Å²) in [5.74, 6) is 2.57. The summed E-state index contributed by atoms with van der Waals surface area (Å²) in [5.41, 5.74) is 2.90. The molecule has 2 nitrogen and oxygen atoms in total. The molecule has 0 bridgehead atoms. The van der Waals surface area contributed by atoms with Crippen molar-refractivity contribution < 1.29 is 9.53 Å². The number of rotatable bonds is 1. The number of methoxy groups -OCH3 is 1. The predicted octanol–water partition coefficient (Wildman–Crippen LogP) is 3.09. The molecule has 3 rings (SSSR count). The van der Waals surface area contributed by atoms with Crippen LogP contribution in [0.5, 0.6) is 5.75 Å². The van der Waals surface area contributed by atoms with Crippen molar-refractivity contribution >= 4 is 5.78 Å². The van der Waals surface area contributed by atoms with E-state index in [0.717, 1.165) is 31.4 Å². The quantitative estimate of drug-likeness (QED) is 0.741. The third-order valence-corrected chi connectivity index (χ3v) is 4.33. The molecule has 0 spiro atoms. The number of carbonyl (C=O) groups excluding carboxylic acids is 1. The Labute approximate surface area is 102 Å². The Balaban J connectivity index is 1.97. The predicted molar refractivity (Wildman–Crippen MR) is 66.4 cm³/mol. The van der Waals surface area contributed by atoms with Crippen molar-refractivity contribution in [3.8, 4) is 5.75 Å². The number of benzene rings is 1. The topological polar surface area (TPSA) is 26.3 Å². The van der Waals surface area contributed by atoms with Crippen molar-refractivity contribution in [2.75, 3.05) is 7.11 Å². The van der Waals surface area contributed by atoms with Crippen molar-refractivity contribution in [3.63, 3.8) is 0 Å². The first-order chi connectivity index (χ1) is 8.28. The van der Waals surface area contributed by atoms with Crippen LogP contribution in [-0.2, 0) is 11.2 Å². The van der Waals surface area contributed by atoms with Gasteiger partial charge in [0.05, 0.1) is 7.11 Å². The highest BCUT2D eigenvalue weighted by atomic mass is 16.5. The molecular weight excluding hydrogens is 212 g/mol. The summed E-state index contributed by atoms with van der Waals surface area (Å²) in [7, 11) is 1.71. The summed E-state index contributed by atoms with van der Waals surface area (Å²) in [6, 6.07) is 6.43. The van der Waals surface area contributed by atoms with Crippen LogP contribution in [0.1, 0.15) is 42.7 Å². The second kappa shape index (κ2) is 4.17. The number of hydrogen-bond acceptors (Lipinski definition) is 2. The molecule has 2 heteroatoms.